The molecule has 142 valence electrons. The Morgan fingerprint density at radius 2 is 1.20 bits per heavy atom. The van der Waals surface area contributed by atoms with Crippen molar-refractivity contribution < 1.29 is 0 Å². The van der Waals surface area contributed by atoms with Crippen molar-refractivity contribution in [3.8, 4) is 0 Å². The molecule has 1 saturated carbocycles. The molecule has 3 rings (SSSR count). The largest absolute Gasteiger partial charge is 0.318 e. The van der Waals surface area contributed by atoms with Gasteiger partial charge < -0.3 is 4.57 Å². The minimum Gasteiger partial charge on any atom is -0.318 e. The van der Waals surface area contributed by atoms with Crippen LogP contribution in [0.3, 0.4) is 0 Å². The van der Waals surface area contributed by atoms with Crippen LogP contribution in [0.4, 0.5) is 0 Å². The van der Waals surface area contributed by atoms with Crippen LogP contribution in [-0.4, -0.2) is 14.8 Å². The highest BCUT2D eigenvalue weighted by molar-refractivity contribution is 5.19. The molecule has 1 aliphatic carbocycles. The van der Waals surface area contributed by atoms with Gasteiger partial charge in [-0.3, -0.25) is 0 Å². The third-order valence-corrected chi connectivity index (χ3v) is 4.31. The number of hydrogen-bond donors (Lipinski definition) is 0. The lowest BCUT2D eigenvalue weighted by Crippen LogP contribution is -2.10. The minimum absolute atomic E-state index is 0.667. The Kier molecular flexibility index (Phi) is 12.7. The van der Waals surface area contributed by atoms with Crippen molar-refractivity contribution >= 4 is 0 Å². The fraction of sp³-hybridized carbons (Fsp3) is 0.636. The molecule has 0 N–H and O–H groups in total. The van der Waals surface area contributed by atoms with Crippen molar-refractivity contribution in [2.75, 3.05) is 0 Å². The van der Waals surface area contributed by atoms with E-state index in [1.54, 1.807) is 0 Å². The van der Waals surface area contributed by atoms with E-state index in [9.17, 15) is 0 Å². The number of benzene rings is 1. The van der Waals surface area contributed by atoms with E-state index >= 15 is 0 Å². The first-order chi connectivity index (χ1) is 12.1. The van der Waals surface area contributed by atoms with E-state index in [0.717, 1.165) is 5.82 Å². The second-order valence-electron chi connectivity index (χ2n) is 6.15. The summed E-state index contributed by atoms with van der Waals surface area (Å²) in [4.78, 5) is 0. The van der Waals surface area contributed by atoms with Crippen molar-refractivity contribution in [1.82, 2.24) is 14.8 Å². The predicted octanol–water partition coefficient (Wildman–Crippen LogP) is 6.53. The van der Waals surface area contributed by atoms with Crippen LogP contribution in [0.5, 0.6) is 0 Å². The van der Waals surface area contributed by atoms with Gasteiger partial charge in [0.25, 0.3) is 0 Å². The van der Waals surface area contributed by atoms with E-state index in [-0.39, 0.29) is 0 Å². The van der Waals surface area contributed by atoms with Gasteiger partial charge in [0.15, 0.2) is 0 Å². The molecule has 0 atom stereocenters. The maximum Gasteiger partial charge on any atom is 0.135 e. The van der Waals surface area contributed by atoms with Gasteiger partial charge in [-0.2, -0.15) is 0 Å². The molecule has 1 aliphatic rings. The van der Waals surface area contributed by atoms with Crippen molar-refractivity contribution in [3.05, 3.63) is 47.0 Å². The van der Waals surface area contributed by atoms with E-state index in [1.165, 1.54) is 49.1 Å². The summed E-state index contributed by atoms with van der Waals surface area (Å²) < 4.78 is 2.13. The number of hydrogen-bond acceptors (Lipinski definition) is 2. The number of aromatic nitrogens is 3. The molecular formula is C22H39N3. The molecular weight excluding hydrogens is 306 g/mol. The van der Waals surface area contributed by atoms with E-state index in [1.807, 2.05) is 34.6 Å². The van der Waals surface area contributed by atoms with Crippen LogP contribution in [0.2, 0.25) is 0 Å². The molecule has 2 aromatic rings. The quantitative estimate of drug-likeness (QED) is 0.588. The normalized spacial score (nSPS) is 13.4. The van der Waals surface area contributed by atoms with Gasteiger partial charge in [-0.25, -0.2) is 0 Å². The van der Waals surface area contributed by atoms with Crippen LogP contribution in [0, 0.1) is 20.8 Å². The van der Waals surface area contributed by atoms with Crippen LogP contribution in [-0.2, 0) is 7.05 Å². The SMILES string of the molecule is CC.CC.Cc1ccc(C)cc1.Cc1nnc(C2CCCCC2)n1C. The summed E-state index contributed by atoms with van der Waals surface area (Å²) in [5, 5.41) is 8.36. The molecule has 0 bridgehead atoms. The maximum absolute atomic E-state index is 4.25. The van der Waals surface area contributed by atoms with Crippen molar-refractivity contribution in [3.63, 3.8) is 0 Å². The average Bonchev–Trinajstić information content (AvgIpc) is 3.01. The monoisotopic (exact) mass is 345 g/mol. The lowest BCUT2D eigenvalue weighted by molar-refractivity contribution is 0.420. The molecule has 1 fully saturated rings. The Labute approximate surface area is 155 Å². The minimum atomic E-state index is 0.667. The first-order valence-electron chi connectivity index (χ1n) is 9.97. The molecule has 0 saturated heterocycles. The highest BCUT2D eigenvalue weighted by atomic mass is 15.3. The molecule has 3 heteroatoms. The Morgan fingerprint density at radius 1 is 0.760 bits per heavy atom. The van der Waals surface area contributed by atoms with E-state index in [4.69, 9.17) is 0 Å². The van der Waals surface area contributed by atoms with Crippen LogP contribution in [0.25, 0.3) is 0 Å². The fourth-order valence-corrected chi connectivity index (χ4v) is 2.78. The lowest BCUT2D eigenvalue weighted by atomic mass is 9.89. The Hall–Kier alpha value is -1.64. The summed E-state index contributed by atoms with van der Waals surface area (Å²) in [6, 6.07) is 8.48. The third kappa shape index (κ3) is 8.33. The third-order valence-electron chi connectivity index (χ3n) is 4.31. The Bertz CT molecular complexity index is 528. The number of rotatable bonds is 1. The van der Waals surface area contributed by atoms with Gasteiger partial charge in [-0.1, -0.05) is 82.3 Å². The molecule has 0 spiro atoms. The second kappa shape index (κ2) is 13.6. The number of nitrogens with zero attached hydrogens (tertiary/aromatic N) is 3. The van der Waals surface area contributed by atoms with Gasteiger partial charge in [0.2, 0.25) is 0 Å². The fourth-order valence-electron chi connectivity index (χ4n) is 2.78. The van der Waals surface area contributed by atoms with Crippen molar-refractivity contribution in [2.24, 2.45) is 7.05 Å². The molecule has 0 unspecified atom stereocenters. The molecule has 3 nitrogen and oxygen atoms in total. The van der Waals surface area contributed by atoms with Gasteiger partial charge in [0.1, 0.15) is 11.6 Å². The summed E-state index contributed by atoms with van der Waals surface area (Å²) in [5.74, 6) is 2.89. The Balaban J connectivity index is 0.000000414. The first kappa shape index (κ1) is 23.4. The Morgan fingerprint density at radius 3 is 1.56 bits per heavy atom. The number of aryl methyl sites for hydroxylation is 3. The van der Waals surface area contributed by atoms with Crippen LogP contribution in [0.1, 0.15) is 88.5 Å². The first-order valence-corrected chi connectivity index (χ1v) is 9.97. The van der Waals surface area contributed by atoms with Gasteiger partial charge >= 0.3 is 0 Å². The maximum atomic E-state index is 4.25. The molecule has 1 aromatic heterocycles. The van der Waals surface area contributed by atoms with Crippen molar-refractivity contribution in [2.45, 2.75) is 86.5 Å². The van der Waals surface area contributed by atoms with Crippen LogP contribution >= 0.6 is 0 Å². The molecule has 1 heterocycles. The highest BCUT2D eigenvalue weighted by Crippen LogP contribution is 2.31. The van der Waals surface area contributed by atoms with Gasteiger partial charge in [-0.15, -0.1) is 10.2 Å². The summed E-state index contributed by atoms with van der Waals surface area (Å²) in [6.45, 7) is 14.2. The molecule has 0 aliphatic heterocycles. The van der Waals surface area contributed by atoms with Crippen LogP contribution in [0.15, 0.2) is 24.3 Å². The smallest absolute Gasteiger partial charge is 0.135 e. The highest BCUT2D eigenvalue weighted by Gasteiger charge is 2.20. The van der Waals surface area contributed by atoms with Gasteiger partial charge in [0.05, 0.1) is 0 Å². The van der Waals surface area contributed by atoms with Crippen molar-refractivity contribution in [1.29, 1.82) is 0 Å². The van der Waals surface area contributed by atoms with E-state index in [0.29, 0.717) is 5.92 Å². The van der Waals surface area contributed by atoms with E-state index in [2.05, 4.69) is 59.9 Å². The molecule has 0 radical (unpaired) electrons. The van der Waals surface area contributed by atoms with Gasteiger partial charge in [0, 0.05) is 13.0 Å². The van der Waals surface area contributed by atoms with Gasteiger partial charge in [-0.05, 0) is 33.6 Å². The standard InChI is InChI=1S/C10H17N3.C8H10.2C2H6/c1-8-11-12-10(13(8)2)9-6-4-3-5-7-9;1-7-3-5-8(2)6-4-7;2*1-2/h9H,3-7H2,1-2H3;3-6H,1-2H3;2*1-2H3. The zero-order valence-corrected chi connectivity index (χ0v) is 17.8. The summed E-state index contributed by atoms with van der Waals surface area (Å²) >= 11 is 0. The predicted molar refractivity (Wildman–Crippen MR) is 110 cm³/mol. The lowest BCUT2D eigenvalue weighted by Gasteiger charge is -2.20. The summed E-state index contributed by atoms with van der Waals surface area (Å²) in [7, 11) is 2.07. The zero-order valence-electron chi connectivity index (χ0n) is 17.8. The molecule has 1 aromatic carbocycles. The average molecular weight is 346 g/mol. The molecule has 0 amide bonds. The summed E-state index contributed by atoms with van der Waals surface area (Å²) in [6.07, 6.45) is 6.71. The topological polar surface area (TPSA) is 30.7 Å². The second-order valence-corrected chi connectivity index (χ2v) is 6.15. The summed E-state index contributed by atoms with van der Waals surface area (Å²) in [5.41, 5.74) is 2.66. The zero-order chi connectivity index (χ0) is 19.2. The van der Waals surface area contributed by atoms with Crippen LogP contribution < -0.4 is 0 Å². The molecule has 25 heavy (non-hydrogen) atoms. The van der Waals surface area contributed by atoms with E-state index < -0.39 is 0 Å².